The number of fused-ring (bicyclic) bond motifs is 3. The number of aryl methyl sites for hydroxylation is 2. The van der Waals surface area contributed by atoms with Crippen molar-refractivity contribution >= 4 is 44.9 Å². The number of halogens is 1. The molecule has 27 heavy (non-hydrogen) atoms. The van der Waals surface area contributed by atoms with E-state index in [4.69, 9.17) is 21.3 Å². The minimum Gasteiger partial charge on any atom is -0.494 e. The lowest BCUT2D eigenvalue weighted by Crippen LogP contribution is -2.20. The van der Waals surface area contributed by atoms with Gasteiger partial charge in [0, 0.05) is 22.7 Å². The highest BCUT2D eigenvalue weighted by Crippen LogP contribution is 2.34. The van der Waals surface area contributed by atoms with E-state index in [0.717, 1.165) is 46.1 Å². The third-order valence-electron chi connectivity index (χ3n) is 4.76. The molecular formula is C20H21ClN2O2S2. The van der Waals surface area contributed by atoms with Crippen LogP contribution in [-0.4, -0.2) is 21.9 Å². The van der Waals surface area contributed by atoms with E-state index in [-0.39, 0.29) is 5.56 Å². The van der Waals surface area contributed by atoms with Crippen molar-refractivity contribution < 1.29 is 4.74 Å². The molecule has 0 bridgehead atoms. The van der Waals surface area contributed by atoms with Crippen molar-refractivity contribution in [2.45, 2.75) is 37.3 Å². The van der Waals surface area contributed by atoms with Gasteiger partial charge in [-0.15, -0.1) is 11.3 Å². The Hall–Kier alpha value is -1.50. The Labute approximate surface area is 171 Å². The predicted octanol–water partition coefficient (Wildman–Crippen LogP) is 5.09. The summed E-state index contributed by atoms with van der Waals surface area (Å²) < 4.78 is 7.42. The van der Waals surface area contributed by atoms with E-state index >= 15 is 0 Å². The van der Waals surface area contributed by atoms with Gasteiger partial charge in [-0.1, -0.05) is 23.4 Å². The molecule has 2 aromatic heterocycles. The molecule has 0 spiro atoms. The minimum atomic E-state index is 0.0966. The van der Waals surface area contributed by atoms with E-state index in [1.54, 1.807) is 27.7 Å². The second kappa shape index (κ2) is 8.25. The number of thioether (sulfide) groups is 1. The quantitative estimate of drug-likeness (QED) is 0.316. The lowest BCUT2D eigenvalue weighted by Gasteiger charge is -2.11. The average molecular weight is 421 g/mol. The van der Waals surface area contributed by atoms with Crippen LogP contribution in [0.3, 0.4) is 0 Å². The summed E-state index contributed by atoms with van der Waals surface area (Å²) in [5, 5.41) is 2.35. The van der Waals surface area contributed by atoms with E-state index in [1.807, 2.05) is 31.3 Å². The van der Waals surface area contributed by atoms with Crippen LogP contribution < -0.4 is 10.3 Å². The normalized spacial score (nSPS) is 13.7. The Morgan fingerprint density at radius 3 is 2.85 bits per heavy atom. The van der Waals surface area contributed by atoms with Crippen molar-refractivity contribution in [3.05, 3.63) is 50.1 Å². The highest BCUT2D eigenvalue weighted by molar-refractivity contribution is 7.99. The standard InChI is InChI=1S/C20H21ClN2O2S2/c1-23-19(24)17-15-5-2-3-6-16(15)27-18(17)22-20(23)26-12-4-11-25-14-9-7-13(21)8-10-14/h7-10H,2-6,11-12H2,1H3. The van der Waals surface area contributed by atoms with Crippen LogP contribution in [0.15, 0.2) is 34.2 Å². The van der Waals surface area contributed by atoms with Crippen LogP contribution in [0.25, 0.3) is 10.2 Å². The van der Waals surface area contributed by atoms with Gasteiger partial charge in [-0.25, -0.2) is 4.98 Å². The van der Waals surface area contributed by atoms with Crippen molar-refractivity contribution in [1.29, 1.82) is 0 Å². The van der Waals surface area contributed by atoms with Crippen molar-refractivity contribution in [3.8, 4) is 5.75 Å². The summed E-state index contributed by atoms with van der Waals surface area (Å²) in [5.74, 6) is 1.67. The molecular weight excluding hydrogens is 400 g/mol. The molecule has 0 unspecified atom stereocenters. The zero-order chi connectivity index (χ0) is 18.8. The van der Waals surface area contributed by atoms with Crippen LogP contribution in [0, 0.1) is 0 Å². The summed E-state index contributed by atoms with van der Waals surface area (Å²) in [4.78, 5) is 19.9. The van der Waals surface area contributed by atoms with E-state index < -0.39 is 0 Å². The fraction of sp³-hybridized carbons (Fsp3) is 0.400. The van der Waals surface area contributed by atoms with Crippen molar-refractivity contribution in [3.63, 3.8) is 0 Å². The maximum atomic E-state index is 12.9. The van der Waals surface area contributed by atoms with Gasteiger partial charge in [0.05, 0.1) is 12.0 Å². The van der Waals surface area contributed by atoms with Gasteiger partial charge in [-0.2, -0.15) is 0 Å². The molecule has 0 saturated heterocycles. The molecule has 0 radical (unpaired) electrons. The third-order valence-corrected chi connectivity index (χ3v) is 7.31. The Kier molecular flexibility index (Phi) is 5.76. The predicted molar refractivity (Wildman–Crippen MR) is 114 cm³/mol. The average Bonchev–Trinajstić information content (AvgIpc) is 3.05. The summed E-state index contributed by atoms with van der Waals surface area (Å²) in [6.45, 7) is 0.623. The summed E-state index contributed by atoms with van der Waals surface area (Å²) in [6, 6.07) is 7.38. The topological polar surface area (TPSA) is 44.1 Å². The maximum Gasteiger partial charge on any atom is 0.262 e. The van der Waals surface area contributed by atoms with Crippen LogP contribution in [0.5, 0.6) is 5.75 Å². The number of benzene rings is 1. The molecule has 4 nitrogen and oxygen atoms in total. The highest BCUT2D eigenvalue weighted by Gasteiger charge is 2.21. The van der Waals surface area contributed by atoms with E-state index in [1.165, 1.54) is 23.3 Å². The minimum absolute atomic E-state index is 0.0966. The van der Waals surface area contributed by atoms with Crippen molar-refractivity contribution in [2.24, 2.45) is 7.05 Å². The van der Waals surface area contributed by atoms with Gasteiger partial charge in [0.2, 0.25) is 0 Å². The lowest BCUT2D eigenvalue weighted by molar-refractivity contribution is 0.318. The fourth-order valence-corrected chi connectivity index (χ4v) is 5.65. The summed E-state index contributed by atoms with van der Waals surface area (Å²) in [5.41, 5.74) is 1.35. The van der Waals surface area contributed by atoms with Crippen LogP contribution in [0.4, 0.5) is 0 Å². The van der Waals surface area contributed by atoms with Crippen LogP contribution in [-0.2, 0) is 19.9 Å². The first-order valence-corrected chi connectivity index (χ1v) is 11.3. The first kappa shape index (κ1) is 18.8. The molecule has 2 heterocycles. The number of ether oxygens (including phenoxy) is 1. The Bertz CT molecular complexity index is 1010. The fourth-order valence-electron chi connectivity index (χ4n) is 3.34. The molecule has 4 rings (SSSR count). The second-order valence-corrected chi connectivity index (χ2v) is 9.24. The largest absolute Gasteiger partial charge is 0.494 e. The molecule has 1 aromatic carbocycles. The molecule has 0 amide bonds. The highest BCUT2D eigenvalue weighted by atomic mass is 35.5. The van der Waals surface area contributed by atoms with E-state index in [0.29, 0.717) is 11.6 Å². The van der Waals surface area contributed by atoms with Gasteiger partial charge < -0.3 is 4.74 Å². The van der Waals surface area contributed by atoms with Gasteiger partial charge in [0.25, 0.3) is 5.56 Å². The molecule has 7 heteroatoms. The Balaban J connectivity index is 1.41. The van der Waals surface area contributed by atoms with E-state index in [2.05, 4.69) is 0 Å². The van der Waals surface area contributed by atoms with Crippen molar-refractivity contribution in [2.75, 3.05) is 12.4 Å². The number of thiophene rings is 1. The first-order valence-electron chi connectivity index (χ1n) is 9.16. The van der Waals surface area contributed by atoms with Crippen molar-refractivity contribution in [1.82, 2.24) is 9.55 Å². The van der Waals surface area contributed by atoms with Gasteiger partial charge in [0.15, 0.2) is 5.16 Å². The smallest absolute Gasteiger partial charge is 0.262 e. The summed E-state index contributed by atoms with van der Waals surface area (Å²) in [6.07, 6.45) is 5.37. The molecule has 0 saturated carbocycles. The van der Waals surface area contributed by atoms with Gasteiger partial charge >= 0.3 is 0 Å². The Morgan fingerprint density at radius 1 is 1.26 bits per heavy atom. The number of rotatable bonds is 6. The second-order valence-electron chi connectivity index (χ2n) is 6.65. The number of hydrogen-bond donors (Lipinski definition) is 0. The maximum absolute atomic E-state index is 12.9. The van der Waals surface area contributed by atoms with E-state index in [9.17, 15) is 4.79 Å². The SMILES string of the molecule is Cn1c(SCCCOc2ccc(Cl)cc2)nc2sc3c(c2c1=O)CCCC3. The lowest BCUT2D eigenvalue weighted by atomic mass is 9.97. The van der Waals surface area contributed by atoms with Crippen LogP contribution in [0.1, 0.15) is 29.7 Å². The summed E-state index contributed by atoms with van der Waals surface area (Å²) >= 11 is 9.20. The van der Waals surface area contributed by atoms with Gasteiger partial charge in [0.1, 0.15) is 10.6 Å². The van der Waals surface area contributed by atoms with Gasteiger partial charge in [-0.3, -0.25) is 9.36 Å². The monoisotopic (exact) mass is 420 g/mol. The Morgan fingerprint density at radius 2 is 2.04 bits per heavy atom. The molecule has 1 aliphatic rings. The number of nitrogens with zero attached hydrogens (tertiary/aromatic N) is 2. The summed E-state index contributed by atoms with van der Waals surface area (Å²) in [7, 11) is 1.83. The van der Waals surface area contributed by atoms with Gasteiger partial charge in [-0.05, 0) is 61.9 Å². The molecule has 1 aliphatic carbocycles. The van der Waals surface area contributed by atoms with Crippen LogP contribution >= 0.6 is 34.7 Å². The zero-order valence-corrected chi connectivity index (χ0v) is 17.6. The molecule has 142 valence electrons. The van der Waals surface area contributed by atoms with Crippen LogP contribution in [0.2, 0.25) is 5.02 Å². The molecule has 0 atom stereocenters. The zero-order valence-electron chi connectivity index (χ0n) is 15.2. The molecule has 3 aromatic rings. The number of aromatic nitrogens is 2. The molecule has 0 aliphatic heterocycles. The molecule has 0 fully saturated rings. The third kappa shape index (κ3) is 4.03. The first-order chi connectivity index (χ1) is 13.1. The number of hydrogen-bond acceptors (Lipinski definition) is 5. The molecule has 0 N–H and O–H groups in total.